The Hall–Kier alpha value is 0.554. The van der Waals surface area contributed by atoms with Crippen molar-refractivity contribution in [1.82, 2.24) is 0 Å². The van der Waals surface area contributed by atoms with Crippen molar-refractivity contribution in [3.8, 4) is 0 Å². The number of rotatable bonds is 5. The summed E-state index contributed by atoms with van der Waals surface area (Å²) in [6, 6.07) is 0. The van der Waals surface area contributed by atoms with E-state index < -0.39 is 31.5 Å². The van der Waals surface area contributed by atoms with Crippen LogP contribution in [0.1, 0.15) is 20.8 Å². The maximum atomic E-state index is 11.3. The monoisotopic (exact) mass is 386 g/mol. The van der Waals surface area contributed by atoms with E-state index in [1.165, 1.54) is 6.92 Å². The quantitative estimate of drug-likeness (QED) is 0.238. The van der Waals surface area contributed by atoms with Crippen molar-refractivity contribution in [3.05, 3.63) is 12.2 Å². The van der Waals surface area contributed by atoms with E-state index in [1.807, 2.05) is 0 Å². The fourth-order valence-corrected chi connectivity index (χ4v) is 0.807. The van der Waals surface area contributed by atoms with Crippen LogP contribution in [-0.2, 0) is 33.8 Å². The Morgan fingerprint density at radius 3 is 2.00 bits per heavy atom. The zero-order chi connectivity index (χ0) is 15.5. The molecule has 0 amide bonds. The Morgan fingerprint density at radius 1 is 1.21 bits per heavy atom. The summed E-state index contributed by atoms with van der Waals surface area (Å²) in [5.41, 5.74) is 0. The topological polar surface area (TPSA) is 52.6 Å². The molecule has 0 aliphatic carbocycles. The van der Waals surface area contributed by atoms with E-state index in [1.54, 1.807) is 13.8 Å². The van der Waals surface area contributed by atoms with Crippen molar-refractivity contribution in [3.63, 3.8) is 0 Å². The number of hydrogen-bond acceptors (Lipinski definition) is 4. The molecular formula is C10H14Cl4O4Ti. The van der Waals surface area contributed by atoms with Crippen LogP contribution < -0.4 is 0 Å². The third kappa shape index (κ3) is 14.8. The molecule has 0 saturated heterocycles. The van der Waals surface area contributed by atoms with Gasteiger partial charge in [0.05, 0.1) is 13.2 Å². The van der Waals surface area contributed by atoms with E-state index in [0.29, 0.717) is 0 Å². The van der Waals surface area contributed by atoms with Crippen LogP contribution in [0.5, 0.6) is 0 Å². The first kappa shape index (κ1) is 21.8. The van der Waals surface area contributed by atoms with Gasteiger partial charge in [-0.15, -0.1) is 11.6 Å². The average Bonchev–Trinajstić information content (AvgIpc) is 2.26. The molecule has 0 bridgehead atoms. The maximum absolute atomic E-state index is 11.3. The Balaban J connectivity index is 0. The molecule has 9 heteroatoms. The molecule has 1 atom stereocenters. The molecule has 0 rings (SSSR count). The predicted octanol–water partition coefficient (Wildman–Crippen LogP) is 3.54. The summed E-state index contributed by atoms with van der Waals surface area (Å²) >= 11 is 3.89. The molecule has 0 aromatic heterocycles. The number of carbonyl (C=O) groups is 2. The number of esters is 2. The Kier molecular flexibility index (Phi) is 14.1. The zero-order valence-corrected chi connectivity index (χ0v) is 15.2. The standard InChI is InChI=1S/C10H14ClO4.3ClH.Ti/c1-4-14-8(12)6-7-10(3,11)9(13)15-5-2;;;;/h7H,4-5H2,1-3H3;3*1H;/q-1;;;;+4/p-3. The first-order valence-corrected chi connectivity index (χ1v) is 12.0. The van der Waals surface area contributed by atoms with Crippen LogP contribution in [0.3, 0.4) is 0 Å². The van der Waals surface area contributed by atoms with Gasteiger partial charge in [-0.1, -0.05) is 0 Å². The summed E-state index contributed by atoms with van der Waals surface area (Å²) in [5, 5.41) is 0. The zero-order valence-electron chi connectivity index (χ0n) is 10.6. The molecule has 0 saturated carbocycles. The number of hydrogen-bond donors (Lipinski definition) is 0. The van der Waals surface area contributed by atoms with Crippen LogP contribution in [0.25, 0.3) is 0 Å². The van der Waals surface area contributed by atoms with E-state index in [2.05, 4.69) is 10.8 Å². The van der Waals surface area contributed by atoms with Gasteiger partial charge in [0.2, 0.25) is 0 Å². The molecule has 0 aliphatic rings. The van der Waals surface area contributed by atoms with Gasteiger partial charge in [-0.3, -0.25) is 4.79 Å². The second-order valence-corrected chi connectivity index (χ2v) is 11.5. The second kappa shape index (κ2) is 12.3. The van der Waals surface area contributed by atoms with Crippen LogP contribution >= 0.6 is 39.5 Å². The molecule has 0 aromatic carbocycles. The van der Waals surface area contributed by atoms with Crippen LogP contribution in [0.15, 0.2) is 6.08 Å². The van der Waals surface area contributed by atoms with Gasteiger partial charge >= 0.3 is 48.6 Å². The van der Waals surface area contributed by atoms with E-state index in [0.717, 1.165) is 6.08 Å². The van der Waals surface area contributed by atoms with E-state index in [-0.39, 0.29) is 13.2 Å². The molecule has 110 valence electrons. The summed E-state index contributed by atoms with van der Waals surface area (Å²) in [6.07, 6.45) is 3.37. The average molecular weight is 388 g/mol. The normalized spacial score (nSPS) is 13.0. The number of halogens is 4. The summed E-state index contributed by atoms with van der Waals surface area (Å²) < 4.78 is 9.29. The van der Waals surface area contributed by atoms with Crippen LogP contribution in [-0.4, -0.2) is 30.0 Å². The fraction of sp³-hybridized carbons (Fsp3) is 0.600. The van der Waals surface area contributed by atoms with Gasteiger partial charge in [-0.25, -0.2) is 10.9 Å². The summed E-state index contributed by atoms with van der Waals surface area (Å²) in [6.45, 7) is 5.24. The molecule has 0 radical (unpaired) electrons. The van der Waals surface area contributed by atoms with Gasteiger partial charge in [0, 0.05) is 0 Å². The van der Waals surface area contributed by atoms with Crippen molar-refractivity contribution < 1.29 is 33.8 Å². The molecule has 0 fully saturated rings. The van der Waals surface area contributed by atoms with E-state index >= 15 is 0 Å². The van der Waals surface area contributed by atoms with Gasteiger partial charge < -0.3 is 15.5 Å². The first-order valence-electron chi connectivity index (χ1n) is 5.14. The number of alkyl halides is 1. The van der Waals surface area contributed by atoms with Gasteiger partial charge in [0.1, 0.15) is 10.8 Å². The number of ether oxygens (including phenoxy) is 2. The summed E-state index contributed by atoms with van der Waals surface area (Å²) in [4.78, 5) is 20.8. The van der Waals surface area contributed by atoms with Crippen molar-refractivity contribution in [2.75, 3.05) is 13.2 Å². The SMILES string of the molecule is CCOC(=O)[C-]=CC(C)(Cl)C(=O)OCC.[Cl][Ti+]([Cl])[Cl]. The van der Waals surface area contributed by atoms with Crippen LogP contribution in [0.4, 0.5) is 0 Å². The Labute approximate surface area is 135 Å². The third-order valence-corrected chi connectivity index (χ3v) is 1.67. The number of carbonyl (C=O) groups excluding carboxylic acids is 2. The van der Waals surface area contributed by atoms with Crippen molar-refractivity contribution >= 4 is 51.5 Å². The fourth-order valence-electron chi connectivity index (χ4n) is 0.698. The first-order chi connectivity index (χ1) is 8.67. The minimum absolute atomic E-state index is 0.231. The van der Waals surface area contributed by atoms with Crippen molar-refractivity contribution in [2.24, 2.45) is 0 Å². The summed E-state index contributed by atoms with van der Waals surface area (Å²) in [5.74, 6) is -1.28. The van der Waals surface area contributed by atoms with Gasteiger partial charge in [-0.05, 0) is 20.8 Å². The van der Waals surface area contributed by atoms with Gasteiger partial charge in [0.25, 0.3) is 0 Å². The van der Waals surface area contributed by atoms with Crippen molar-refractivity contribution in [1.29, 1.82) is 0 Å². The molecule has 0 N–H and O–H groups in total. The third-order valence-electron chi connectivity index (χ3n) is 1.41. The van der Waals surface area contributed by atoms with Crippen LogP contribution in [0, 0.1) is 6.08 Å². The van der Waals surface area contributed by atoms with Gasteiger partial charge in [0.15, 0.2) is 0 Å². The molecule has 0 aliphatic heterocycles. The Bertz CT molecular complexity index is 305. The molecule has 0 aromatic rings. The van der Waals surface area contributed by atoms with Crippen LogP contribution in [0.2, 0.25) is 0 Å². The molecule has 0 spiro atoms. The second-order valence-electron chi connectivity index (χ2n) is 3.02. The molecule has 0 heterocycles. The van der Waals surface area contributed by atoms with E-state index in [9.17, 15) is 9.59 Å². The molecule has 19 heavy (non-hydrogen) atoms. The van der Waals surface area contributed by atoms with Crippen molar-refractivity contribution in [2.45, 2.75) is 25.6 Å². The predicted molar refractivity (Wildman–Crippen MR) is 72.9 cm³/mol. The van der Waals surface area contributed by atoms with E-state index in [4.69, 9.17) is 44.3 Å². The van der Waals surface area contributed by atoms with Gasteiger partial charge in [-0.2, -0.15) is 0 Å². The molecule has 4 nitrogen and oxygen atoms in total. The Morgan fingerprint density at radius 2 is 1.63 bits per heavy atom. The minimum atomic E-state index is -1.92. The molecule has 1 unspecified atom stereocenters. The summed E-state index contributed by atoms with van der Waals surface area (Å²) in [7, 11) is 14.9. The molecular weight excluding hydrogens is 374 g/mol.